The Hall–Kier alpha value is -1.53. The van der Waals surface area contributed by atoms with E-state index < -0.39 is 23.8 Å². The van der Waals surface area contributed by atoms with Gasteiger partial charge in [0.25, 0.3) is 5.91 Å². The molecular formula is C10H11ClN2O4. The Labute approximate surface area is 102 Å². The Bertz CT molecular complexity index is 445. The van der Waals surface area contributed by atoms with Gasteiger partial charge in [0, 0.05) is 6.20 Å². The summed E-state index contributed by atoms with van der Waals surface area (Å²) in [6.07, 6.45) is 1.48. The number of amides is 1. The van der Waals surface area contributed by atoms with Crippen LogP contribution in [-0.4, -0.2) is 41.2 Å². The Morgan fingerprint density at radius 3 is 2.88 bits per heavy atom. The van der Waals surface area contributed by atoms with Crippen LogP contribution in [0.25, 0.3) is 0 Å². The van der Waals surface area contributed by atoms with E-state index in [4.69, 9.17) is 21.4 Å². The zero-order chi connectivity index (χ0) is 12.4. The molecule has 1 aliphatic rings. The van der Waals surface area contributed by atoms with E-state index in [1.54, 1.807) is 0 Å². The van der Waals surface area contributed by atoms with Crippen molar-refractivity contribution in [2.45, 2.75) is 6.04 Å². The summed E-state index contributed by atoms with van der Waals surface area (Å²) in [5.41, 5.74) is 0.297. The van der Waals surface area contributed by atoms with Gasteiger partial charge in [-0.05, 0) is 6.07 Å². The topological polar surface area (TPSA) is 91.4 Å². The summed E-state index contributed by atoms with van der Waals surface area (Å²) in [6, 6.07) is 0.963. The van der Waals surface area contributed by atoms with Crippen LogP contribution in [-0.2, 0) is 9.53 Å². The van der Waals surface area contributed by atoms with Gasteiger partial charge in [-0.1, -0.05) is 11.6 Å². The Morgan fingerprint density at radius 2 is 2.29 bits per heavy atom. The van der Waals surface area contributed by atoms with Gasteiger partial charge in [0.15, 0.2) is 0 Å². The third kappa shape index (κ3) is 2.59. The summed E-state index contributed by atoms with van der Waals surface area (Å²) in [5.74, 6) is -2.07. The quantitative estimate of drug-likeness (QED) is 0.736. The number of rotatable bonds is 3. The van der Waals surface area contributed by atoms with Crippen molar-refractivity contribution in [2.24, 2.45) is 5.92 Å². The minimum absolute atomic E-state index is 0.117. The van der Waals surface area contributed by atoms with Crippen molar-refractivity contribution < 1.29 is 19.4 Å². The molecule has 1 fully saturated rings. The SMILES string of the molecule is O=C(NC1COCC1C(=O)O)c1cc(Cl)c[nH]1. The first-order valence-corrected chi connectivity index (χ1v) is 5.41. The number of hydrogen-bond donors (Lipinski definition) is 3. The van der Waals surface area contributed by atoms with Crippen molar-refractivity contribution in [3.63, 3.8) is 0 Å². The largest absolute Gasteiger partial charge is 0.481 e. The van der Waals surface area contributed by atoms with Crippen LogP contribution in [0.2, 0.25) is 5.02 Å². The molecule has 17 heavy (non-hydrogen) atoms. The van der Waals surface area contributed by atoms with Crippen molar-refractivity contribution >= 4 is 23.5 Å². The fraction of sp³-hybridized carbons (Fsp3) is 0.400. The molecule has 0 bridgehead atoms. The molecule has 1 aromatic rings. The first-order chi connectivity index (χ1) is 8.08. The average molecular weight is 259 g/mol. The molecule has 6 nitrogen and oxygen atoms in total. The average Bonchev–Trinajstić information content (AvgIpc) is 2.86. The number of hydrogen-bond acceptors (Lipinski definition) is 3. The number of H-pyrrole nitrogens is 1. The number of aromatic amines is 1. The van der Waals surface area contributed by atoms with Crippen molar-refractivity contribution in [1.29, 1.82) is 0 Å². The summed E-state index contributed by atoms with van der Waals surface area (Å²) in [7, 11) is 0. The molecule has 0 saturated carbocycles. The summed E-state index contributed by atoms with van der Waals surface area (Å²) in [5, 5.41) is 11.9. The molecule has 1 aromatic heterocycles. The standard InChI is InChI=1S/C10H11ClN2O4/c11-5-1-7(12-2-5)9(14)13-8-4-17-3-6(8)10(15)16/h1-2,6,8,12H,3-4H2,(H,13,14)(H,15,16). The van der Waals surface area contributed by atoms with Gasteiger partial charge in [-0.15, -0.1) is 0 Å². The maximum Gasteiger partial charge on any atom is 0.311 e. The van der Waals surface area contributed by atoms with E-state index in [9.17, 15) is 9.59 Å². The van der Waals surface area contributed by atoms with Crippen LogP contribution in [0.4, 0.5) is 0 Å². The van der Waals surface area contributed by atoms with Crippen LogP contribution >= 0.6 is 11.6 Å². The van der Waals surface area contributed by atoms with Gasteiger partial charge in [-0.25, -0.2) is 0 Å². The molecule has 3 N–H and O–H groups in total. The highest BCUT2D eigenvalue weighted by atomic mass is 35.5. The minimum atomic E-state index is -0.975. The second kappa shape index (κ2) is 4.77. The second-order valence-electron chi connectivity index (χ2n) is 3.79. The fourth-order valence-electron chi connectivity index (χ4n) is 1.69. The molecule has 7 heteroatoms. The molecular weight excluding hydrogens is 248 g/mol. The number of aliphatic carboxylic acids is 1. The maximum absolute atomic E-state index is 11.7. The first-order valence-electron chi connectivity index (χ1n) is 5.03. The predicted molar refractivity (Wildman–Crippen MR) is 59.0 cm³/mol. The number of carboxylic acids is 1. The lowest BCUT2D eigenvalue weighted by Crippen LogP contribution is -2.42. The number of aromatic nitrogens is 1. The van der Waals surface area contributed by atoms with Gasteiger partial charge in [0.05, 0.1) is 24.3 Å². The van der Waals surface area contributed by atoms with Gasteiger partial charge >= 0.3 is 5.97 Å². The van der Waals surface area contributed by atoms with Crippen LogP contribution in [0.1, 0.15) is 10.5 Å². The highest BCUT2D eigenvalue weighted by Gasteiger charge is 2.35. The number of halogens is 1. The van der Waals surface area contributed by atoms with Gasteiger partial charge in [-0.2, -0.15) is 0 Å². The summed E-state index contributed by atoms with van der Waals surface area (Å²) >= 11 is 5.67. The van der Waals surface area contributed by atoms with Crippen molar-refractivity contribution in [3.05, 3.63) is 23.0 Å². The zero-order valence-corrected chi connectivity index (χ0v) is 9.53. The van der Waals surface area contributed by atoms with Gasteiger partial charge < -0.3 is 20.1 Å². The lowest BCUT2D eigenvalue weighted by atomic mass is 10.0. The van der Waals surface area contributed by atoms with E-state index >= 15 is 0 Å². The van der Waals surface area contributed by atoms with Crippen molar-refractivity contribution in [1.82, 2.24) is 10.3 Å². The van der Waals surface area contributed by atoms with Crippen LogP contribution in [0.15, 0.2) is 12.3 Å². The first kappa shape index (κ1) is 11.9. The zero-order valence-electron chi connectivity index (χ0n) is 8.77. The molecule has 0 aliphatic carbocycles. The van der Waals surface area contributed by atoms with E-state index in [0.717, 1.165) is 0 Å². The number of nitrogens with one attached hydrogen (secondary N) is 2. The highest BCUT2D eigenvalue weighted by molar-refractivity contribution is 6.30. The van der Waals surface area contributed by atoms with Crippen LogP contribution in [0.5, 0.6) is 0 Å². The van der Waals surface area contributed by atoms with Crippen LogP contribution in [0, 0.1) is 5.92 Å². The molecule has 0 spiro atoms. The molecule has 0 aromatic carbocycles. The molecule has 2 atom stereocenters. The van der Waals surface area contributed by atoms with Gasteiger partial charge in [-0.3, -0.25) is 9.59 Å². The lowest BCUT2D eigenvalue weighted by Gasteiger charge is -2.14. The Balaban J connectivity index is 2.01. The Morgan fingerprint density at radius 1 is 1.53 bits per heavy atom. The van der Waals surface area contributed by atoms with Gasteiger partial charge in [0.1, 0.15) is 11.6 Å². The van der Waals surface area contributed by atoms with E-state index in [2.05, 4.69) is 10.3 Å². The monoisotopic (exact) mass is 258 g/mol. The third-order valence-electron chi connectivity index (χ3n) is 2.61. The van der Waals surface area contributed by atoms with Crippen LogP contribution in [0.3, 0.4) is 0 Å². The number of carbonyl (C=O) groups is 2. The maximum atomic E-state index is 11.7. The third-order valence-corrected chi connectivity index (χ3v) is 2.82. The predicted octanol–water partition coefficient (Wildman–Crippen LogP) is 0.497. The molecule has 92 valence electrons. The summed E-state index contributed by atoms with van der Waals surface area (Å²) in [4.78, 5) is 25.3. The molecule has 1 saturated heterocycles. The van der Waals surface area contributed by atoms with Gasteiger partial charge in [0.2, 0.25) is 0 Å². The molecule has 2 heterocycles. The highest BCUT2D eigenvalue weighted by Crippen LogP contribution is 2.15. The van der Waals surface area contributed by atoms with Crippen molar-refractivity contribution in [3.8, 4) is 0 Å². The molecule has 1 amide bonds. The number of carbonyl (C=O) groups excluding carboxylic acids is 1. The smallest absolute Gasteiger partial charge is 0.311 e. The molecule has 2 rings (SSSR count). The van der Waals surface area contributed by atoms with E-state index in [1.165, 1.54) is 12.3 Å². The second-order valence-corrected chi connectivity index (χ2v) is 4.23. The normalized spacial score (nSPS) is 23.6. The number of carboxylic acid groups (broad SMARTS) is 1. The molecule has 0 radical (unpaired) electrons. The van der Waals surface area contributed by atoms with Crippen molar-refractivity contribution in [2.75, 3.05) is 13.2 Å². The summed E-state index contributed by atoms with van der Waals surface area (Å²) < 4.78 is 5.04. The number of ether oxygens (including phenoxy) is 1. The Kier molecular flexibility index (Phi) is 3.35. The molecule has 1 aliphatic heterocycles. The fourth-order valence-corrected chi connectivity index (χ4v) is 1.85. The summed E-state index contributed by atoms with van der Waals surface area (Å²) in [6.45, 7) is 0.322. The van der Waals surface area contributed by atoms with Crippen LogP contribution < -0.4 is 5.32 Å². The van der Waals surface area contributed by atoms with E-state index in [0.29, 0.717) is 10.7 Å². The van der Waals surface area contributed by atoms with E-state index in [1.807, 2.05) is 0 Å². The van der Waals surface area contributed by atoms with E-state index in [-0.39, 0.29) is 13.2 Å². The minimum Gasteiger partial charge on any atom is -0.481 e. The molecule has 2 unspecified atom stereocenters. The lowest BCUT2D eigenvalue weighted by molar-refractivity contribution is -0.142.